The van der Waals surface area contributed by atoms with Crippen molar-refractivity contribution < 1.29 is 4.39 Å². The van der Waals surface area contributed by atoms with Crippen LogP contribution in [0, 0.1) is 5.82 Å². The van der Waals surface area contributed by atoms with Crippen LogP contribution in [0.1, 0.15) is 13.3 Å². The molecule has 1 aromatic heterocycles. The second kappa shape index (κ2) is 4.64. The molecular weight excluding hydrogens is 223 g/mol. The normalized spacial score (nSPS) is 20.5. The molecule has 5 N–H and O–H groups in total. The number of hydrogen-bond acceptors (Lipinski definition) is 6. The van der Waals surface area contributed by atoms with Crippen molar-refractivity contribution in [1.82, 2.24) is 15.3 Å². The van der Waals surface area contributed by atoms with E-state index in [2.05, 4.69) is 15.3 Å². The first-order valence-electron chi connectivity index (χ1n) is 5.31. The monoisotopic (exact) mass is 238 g/mol. The maximum atomic E-state index is 12.7. The summed E-state index contributed by atoms with van der Waals surface area (Å²) in [6.07, 6.45) is 2.83. The number of rotatable bonds is 2. The van der Waals surface area contributed by atoms with Gasteiger partial charge in [-0.05, 0) is 6.92 Å². The quantitative estimate of drug-likeness (QED) is 0.490. The van der Waals surface area contributed by atoms with Gasteiger partial charge in [-0.2, -0.15) is 0 Å². The minimum Gasteiger partial charge on any atom is -0.400 e. The smallest absolute Gasteiger partial charge is 0.244 e. The van der Waals surface area contributed by atoms with E-state index in [1.807, 2.05) is 6.92 Å². The fourth-order valence-electron chi connectivity index (χ4n) is 1.68. The highest BCUT2D eigenvalue weighted by molar-refractivity contribution is 5.39. The largest absolute Gasteiger partial charge is 0.400 e. The number of hydrogen-bond donors (Lipinski definition) is 3. The lowest BCUT2D eigenvalue weighted by Crippen LogP contribution is -2.43. The van der Waals surface area contributed by atoms with Gasteiger partial charge in [-0.25, -0.2) is 25.2 Å². The maximum Gasteiger partial charge on any atom is 0.244 e. The van der Waals surface area contributed by atoms with Gasteiger partial charge in [0.05, 0.1) is 18.1 Å². The molecule has 0 amide bonds. The molecule has 0 aliphatic carbocycles. The van der Waals surface area contributed by atoms with Crippen molar-refractivity contribution in [3.05, 3.63) is 29.6 Å². The molecule has 0 radical (unpaired) electrons. The molecule has 0 saturated heterocycles. The highest BCUT2D eigenvalue weighted by Crippen LogP contribution is 2.18. The van der Waals surface area contributed by atoms with E-state index in [0.717, 1.165) is 18.1 Å². The Morgan fingerprint density at radius 1 is 1.47 bits per heavy atom. The summed E-state index contributed by atoms with van der Waals surface area (Å²) in [6, 6.07) is 0.281. The van der Waals surface area contributed by atoms with Crippen molar-refractivity contribution in [2.75, 3.05) is 11.6 Å². The predicted octanol–water partition coefficient (Wildman–Crippen LogP) is -0.152. The van der Waals surface area contributed by atoms with Crippen LogP contribution in [0.25, 0.3) is 0 Å². The van der Waals surface area contributed by atoms with Gasteiger partial charge in [-0.15, -0.1) is 0 Å². The number of halogens is 1. The molecule has 0 fully saturated rings. The van der Waals surface area contributed by atoms with Crippen LogP contribution in [0.4, 0.5) is 10.3 Å². The van der Waals surface area contributed by atoms with E-state index in [-0.39, 0.29) is 12.0 Å². The SMILES string of the molecule is C[C@H]1CC(N(N)c2ncc(F)cn2)=C(N)CN1. The number of hydrazine groups is 1. The van der Waals surface area contributed by atoms with Crippen molar-refractivity contribution in [1.29, 1.82) is 0 Å². The molecule has 0 saturated carbocycles. The first kappa shape index (κ1) is 11.7. The lowest BCUT2D eigenvalue weighted by atomic mass is 10.1. The second-order valence-corrected chi connectivity index (χ2v) is 4.03. The average molecular weight is 238 g/mol. The number of nitrogens with two attached hydrogens (primary N) is 2. The first-order chi connectivity index (χ1) is 8.08. The van der Waals surface area contributed by atoms with Crippen molar-refractivity contribution in [3.63, 3.8) is 0 Å². The van der Waals surface area contributed by atoms with E-state index in [1.165, 1.54) is 5.01 Å². The molecule has 2 rings (SSSR count). The Bertz CT molecular complexity index is 429. The van der Waals surface area contributed by atoms with E-state index in [9.17, 15) is 4.39 Å². The molecule has 6 nitrogen and oxygen atoms in total. The van der Waals surface area contributed by atoms with Gasteiger partial charge in [0.2, 0.25) is 5.95 Å². The molecule has 2 heterocycles. The molecule has 0 unspecified atom stereocenters. The number of nitrogens with zero attached hydrogens (tertiary/aromatic N) is 3. The molecule has 0 aromatic carbocycles. The number of aromatic nitrogens is 2. The second-order valence-electron chi connectivity index (χ2n) is 4.03. The van der Waals surface area contributed by atoms with Crippen LogP contribution >= 0.6 is 0 Å². The minimum absolute atomic E-state index is 0.235. The predicted molar refractivity (Wildman–Crippen MR) is 62.0 cm³/mol. The summed E-state index contributed by atoms with van der Waals surface area (Å²) in [5, 5.41) is 4.52. The van der Waals surface area contributed by atoms with Gasteiger partial charge < -0.3 is 11.1 Å². The minimum atomic E-state index is -0.497. The van der Waals surface area contributed by atoms with Crippen molar-refractivity contribution in [2.24, 2.45) is 11.6 Å². The molecule has 92 valence electrons. The fraction of sp³-hybridized carbons (Fsp3) is 0.400. The summed E-state index contributed by atoms with van der Waals surface area (Å²) in [6.45, 7) is 2.61. The third-order valence-corrected chi connectivity index (χ3v) is 2.62. The van der Waals surface area contributed by atoms with Gasteiger partial charge in [0, 0.05) is 24.7 Å². The summed E-state index contributed by atoms with van der Waals surface area (Å²) in [5.41, 5.74) is 7.29. The van der Waals surface area contributed by atoms with E-state index in [0.29, 0.717) is 18.7 Å². The van der Waals surface area contributed by atoms with Crippen LogP contribution in [0.15, 0.2) is 23.8 Å². The van der Waals surface area contributed by atoms with Crippen molar-refractivity contribution in [3.8, 4) is 0 Å². The van der Waals surface area contributed by atoms with Crippen LogP contribution in [-0.4, -0.2) is 22.6 Å². The van der Waals surface area contributed by atoms with Crippen LogP contribution in [0.2, 0.25) is 0 Å². The van der Waals surface area contributed by atoms with Crippen LogP contribution < -0.4 is 21.9 Å². The van der Waals surface area contributed by atoms with E-state index < -0.39 is 5.82 Å². The Kier molecular flexibility index (Phi) is 3.21. The zero-order valence-corrected chi connectivity index (χ0v) is 9.52. The van der Waals surface area contributed by atoms with Gasteiger partial charge >= 0.3 is 0 Å². The third kappa shape index (κ3) is 2.51. The Morgan fingerprint density at radius 2 is 2.12 bits per heavy atom. The lowest BCUT2D eigenvalue weighted by molar-refractivity contribution is 0.523. The van der Waals surface area contributed by atoms with Crippen molar-refractivity contribution in [2.45, 2.75) is 19.4 Å². The highest BCUT2D eigenvalue weighted by Gasteiger charge is 2.21. The molecule has 1 aliphatic rings. The Hall–Kier alpha value is -1.73. The molecule has 0 spiro atoms. The topological polar surface area (TPSA) is 93.1 Å². The van der Waals surface area contributed by atoms with E-state index >= 15 is 0 Å². The average Bonchev–Trinajstić information content (AvgIpc) is 2.32. The van der Waals surface area contributed by atoms with E-state index in [4.69, 9.17) is 11.6 Å². The Labute approximate surface area is 98.5 Å². The molecule has 1 aliphatic heterocycles. The third-order valence-electron chi connectivity index (χ3n) is 2.62. The zero-order chi connectivity index (χ0) is 12.4. The lowest BCUT2D eigenvalue weighted by Gasteiger charge is -2.29. The van der Waals surface area contributed by atoms with Gasteiger partial charge in [0.25, 0.3) is 0 Å². The molecule has 7 heteroatoms. The Balaban J connectivity index is 2.24. The molecule has 0 bridgehead atoms. The maximum absolute atomic E-state index is 12.7. The summed E-state index contributed by atoms with van der Waals surface area (Å²) in [5.74, 6) is 5.63. The summed E-state index contributed by atoms with van der Waals surface area (Å²) in [4.78, 5) is 7.64. The highest BCUT2D eigenvalue weighted by atomic mass is 19.1. The standard InChI is InChI=1S/C10H15FN6/c1-6-2-9(8(12)5-14-6)17(13)10-15-3-7(11)4-16-10/h3-4,6,14H,2,5,12-13H2,1H3/t6-/m0/s1. The molecule has 17 heavy (non-hydrogen) atoms. The van der Waals surface area contributed by atoms with Crippen LogP contribution in [0.3, 0.4) is 0 Å². The first-order valence-corrected chi connectivity index (χ1v) is 5.31. The van der Waals surface area contributed by atoms with E-state index in [1.54, 1.807) is 0 Å². The summed E-state index contributed by atoms with van der Waals surface area (Å²) in [7, 11) is 0. The van der Waals surface area contributed by atoms with Crippen molar-refractivity contribution >= 4 is 5.95 Å². The summed E-state index contributed by atoms with van der Waals surface area (Å²) < 4.78 is 12.7. The summed E-state index contributed by atoms with van der Waals surface area (Å²) >= 11 is 0. The van der Waals surface area contributed by atoms with Crippen LogP contribution in [0.5, 0.6) is 0 Å². The molecule has 1 aromatic rings. The van der Waals surface area contributed by atoms with Gasteiger partial charge in [-0.1, -0.05) is 0 Å². The number of anilines is 1. The fourth-order valence-corrected chi connectivity index (χ4v) is 1.68. The zero-order valence-electron chi connectivity index (χ0n) is 9.52. The van der Waals surface area contributed by atoms with Crippen LogP contribution in [-0.2, 0) is 0 Å². The Morgan fingerprint density at radius 3 is 2.76 bits per heavy atom. The number of nitrogens with one attached hydrogen (secondary N) is 1. The van der Waals surface area contributed by atoms with Gasteiger partial charge in [-0.3, -0.25) is 0 Å². The van der Waals surface area contributed by atoms with Gasteiger partial charge in [0.1, 0.15) is 0 Å². The molecule has 1 atom stereocenters. The van der Waals surface area contributed by atoms with Gasteiger partial charge in [0.15, 0.2) is 5.82 Å². The molecular formula is C10H15FN6.